The molecule has 1 fully saturated rings. The zero-order valence-electron chi connectivity index (χ0n) is 12.1. The first kappa shape index (κ1) is 14.8. The number of hydrogen-bond donors (Lipinski definition) is 2. The van der Waals surface area contributed by atoms with Crippen molar-refractivity contribution in [3.05, 3.63) is 47.0 Å². The Kier molecular flexibility index (Phi) is 4.53. The van der Waals surface area contributed by atoms with Crippen LogP contribution < -0.4 is 10.6 Å². The molecule has 3 rings (SSSR count). The summed E-state index contributed by atoms with van der Waals surface area (Å²) in [5.74, 6) is 0.905. The van der Waals surface area contributed by atoms with Gasteiger partial charge in [-0.25, -0.2) is 0 Å². The van der Waals surface area contributed by atoms with Gasteiger partial charge in [-0.15, -0.1) is 10.2 Å². The van der Waals surface area contributed by atoms with Gasteiger partial charge in [0.05, 0.1) is 0 Å². The Morgan fingerprint density at radius 1 is 1.09 bits per heavy atom. The Morgan fingerprint density at radius 3 is 2.50 bits per heavy atom. The van der Waals surface area contributed by atoms with Crippen molar-refractivity contribution in [2.24, 2.45) is 0 Å². The maximum atomic E-state index is 12.1. The SMILES string of the molecule is O=C(Nc1ccc(NC2CCCC2)nn1)c1cccc(Cl)c1. The lowest BCUT2D eigenvalue weighted by molar-refractivity contribution is 0.102. The Balaban J connectivity index is 1.61. The fourth-order valence-electron chi connectivity index (χ4n) is 2.57. The van der Waals surface area contributed by atoms with Crippen molar-refractivity contribution in [1.82, 2.24) is 10.2 Å². The average Bonchev–Trinajstić information content (AvgIpc) is 3.02. The Labute approximate surface area is 134 Å². The zero-order chi connectivity index (χ0) is 15.4. The molecular formula is C16H17ClN4O. The number of carbonyl (C=O) groups excluding carboxylic acids is 1. The standard InChI is InChI=1S/C16H17ClN4O/c17-12-5-3-4-11(10-12)16(22)19-15-9-8-14(20-21-15)18-13-6-1-2-7-13/h3-5,8-10,13H,1-2,6-7H2,(H,18,20)(H,19,21,22). The maximum Gasteiger partial charge on any atom is 0.256 e. The first-order chi connectivity index (χ1) is 10.7. The van der Waals surface area contributed by atoms with E-state index in [0.29, 0.717) is 22.4 Å². The molecule has 2 N–H and O–H groups in total. The molecule has 6 heteroatoms. The van der Waals surface area contributed by atoms with E-state index in [2.05, 4.69) is 20.8 Å². The lowest BCUT2D eigenvalue weighted by atomic mass is 10.2. The van der Waals surface area contributed by atoms with Gasteiger partial charge in [0.1, 0.15) is 5.82 Å². The molecule has 0 radical (unpaired) electrons. The van der Waals surface area contributed by atoms with Gasteiger partial charge < -0.3 is 10.6 Å². The van der Waals surface area contributed by atoms with Crippen LogP contribution in [0.25, 0.3) is 0 Å². The zero-order valence-corrected chi connectivity index (χ0v) is 12.8. The molecule has 0 unspecified atom stereocenters. The number of nitrogens with one attached hydrogen (secondary N) is 2. The van der Waals surface area contributed by atoms with E-state index < -0.39 is 0 Å². The lowest BCUT2D eigenvalue weighted by Crippen LogP contribution is -2.17. The molecule has 1 heterocycles. The summed E-state index contributed by atoms with van der Waals surface area (Å²) in [6, 6.07) is 10.8. The van der Waals surface area contributed by atoms with Crippen molar-refractivity contribution in [1.29, 1.82) is 0 Å². The fourth-order valence-corrected chi connectivity index (χ4v) is 2.76. The van der Waals surface area contributed by atoms with E-state index in [1.807, 2.05) is 6.07 Å². The number of anilines is 2. The van der Waals surface area contributed by atoms with Crippen LogP contribution in [-0.2, 0) is 0 Å². The molecule has 22 heavy (non-hydrogen) atoms. The van der Waals surface area contributed by atoms with Gasteiger partial charge in [0.15, 0.2) is 5.82 Å². The molecule has 0 aliphatic heterocycles. The number of amides is 1. The second kappa shape index (κ2) is 6.75. The minimum atomic E-state index is -0.256. The maximum absolute atomic E-state index is 12.1. The van der Waals surface area contributed by atoms with Gasteiger partial charge in [0.25, 0.3) is 5.91 Å². The van der Waals surface area contributed by atoms with Gasteiger partial charge in [-0.3, -0.25) is 4.79 Å². The van der Waals surface area contributed by atoms with Crippen LogP contribution >= 0.6 is 11.6 Å². The topological polar surface area (TPSA) is 66.9 Å². The Morgan fingerprint density at radius 2 is 1.82 bits per heavy atom. The van der Waals surface area contributed by atoms with Crippen molar-refractivity contribution < 1.29 is 4.79 Å². The summed E-state index contributed by atoms with van der Waals surface area (Å²) in [7, 11) is 0. The predicted molar refractivity (Wildman–Crippen MR) is 87.3 cm³/mol. The van der Waals surface area contributed by atoms with Gasteiger partial charge in [0, 0.05) is 16.6 Å². The summed E-state index contributed by atoms with van der Waals surface area (Å²) in [6.07, 6.45) is 4.88. The Bertz CT molecular complexity index is 653. The molecule has 5 nitrogen and oxygen atoms in total. The first-order valence-electron chi connectivity index (χ1n) is 7.38. The number of benzene rings is 1. The molecule has 1 saturated carbocycles. The monoisotopic (exact) mass is 316 g/mol. The highest BCUT2D eigenvalue weighted by Gasteiger charge is 2.15. The third kappa shape index (κ3) is 3.74. The number of aromatic nitrogens is 2. The summed E-state index contributed by atoms with van der Waals surface area (Å²) in [5, 5.41) is 14.7. The van der Waals surface area contributed by atoms with Gasteiger partial charge >= 0.3 is 0 Å². The number of halogens is 1. The third-order valence-electron chi connectivity index (χ3n) is 3.70. The summed E-state index contributed by atoms with van der Waals surface area (Å²) in [6.45, 7) is 0. The number of hydrogen-bond acceptors (Lipinski definition) is 4. The van der Waals surface area contributed by atoms with Gasteiger partial charge in [-0.1, -0.05) is 30.5 Å². The molecule has 114 valence electrons. The van der Waals surface area contributed by atoms with E-state index in [9.17, 15) is 4.79 Å². The Hall–Kier alpha value is -2.14. The van der Waals surface area contributed by atoms with Crippen LogP contribution in [0.1, 0.15) is 36.0 Å². The quantitative estimate of drug-likeness (QED) is 0.901. The van der Waals surface area contributed by atoms with Crippen LogP contribution in [0, 0.1) is 0 Å². The van der Waals surface area contributed by atoms with Crippen molar-refractivity contribution in [2.75, 3.05) is 10.6 Å². The number of rotatable bonds is 4. The minimum absolute atomic E-state index is 0.256. The van der Waals surface area contributed by atoms with Crippen molar-refractivity contribution >= 4 is 29.1 Å². The minimum Gasteiger partial charge on any atom is -0.366 e. The first-order valence-corrected chi connectivity index (χ1v) is 7.76. The van der Waals surface area contributed by atoms with Gasteiger partial charge in [0.2, 0.25) is 0 Å². The van der Waals surface area contributed by atoms with E-state index in [0.717, 1.165) is 5.82 Å². The summed E-state index contributed by atoms with van der Waals surface area (Å²) in [4.78, 5) is 12.1. The van der Waals surface area contributed by atoms with Gasteiger partial charge in [-0.2, -0.15) is 0 Å². The van der Waals surface area contributed by atoms with Crippen LogP contribution in [0.3, 0.4) is 0 Å². The van der Waals surface area contributed by atoms with E-state index in [1.54, 1.807) is 30.3 Å². The molecule has 1 aliphatic carbocycles. The smallest absolute Gasteiger partial charge is 0.256 e. The van der Waals surface area contributed by atoms with Crippen LogP contribution in [0.4, 0.5) is 11.6 Å². The van der Waals surface area contributed by atoms with Crippen molar-refractivity contribution in [3.8, 4) is 0 Å². The number of nitrogens with zero attached hydrogens (tertiary/aromatic N) is 2. The normalized spacial score (nSPS) is 14.8. The fraction of sp³-hybridized carbons (Fsp3) is 0.312. The molecule has 2 aromatic rings. The molecule has 0 bridgehead atoms. The summed E-state index contributed by atoms with van der Waals surface area (Å²) >= 11 is 5.88. The molecule has 1 aromatic carbocycles. The van der Waals surface area contributed by atoms with E-state index in [-0.39, 0.29) is 5.91 Å². The van der Waals surface area contributed by atoms with Crippen molar-refractivity contribution in [3.63, 3.8) is 0 Å². The highest BCUT2D eigenvalue weighted by atomic mass is 35.5. The second-order valence-electron chi connectivity index (χ2n) is 5.39. The molecule has 0 atom stereocenters. The van der Waals surface area contributed by atoms with E-state index >= 15 is 0 Å². The van der Waals surface area contributed by atoms with Crippen LogP contribution in [-0.4, -0.2) is 22.1 Å². The lowest BCUT2D eigenvalue weighted by Gasteiger charge is -2.12. The molecular weight excluding hydrogens is 300 g/mol. The highest BCUT2D eigenvalue weighted by Crippen LogP contribution is 2.21. The highest BCUT2D eigenvalue weighted by molar-refractivity contribution is 6.31. The van der Waals surface area contributed by atoms with E-state index in [4.69, 9.17) is 11.6 Å². The molecule has 1 aromatic heterocycles. The second-order valence-corrected chi connectivity index (χ2v) is 5.83. The third-order valence-corrected chi connectivity index (χ3v) is 3.94. The summed E-state index contributed by atoms with van der Waals surface area (Å²) < 4.78 is 0. The van der Waals surface area contributed by atoms with Crippen LogP contribution in [0.2, 0.25) is 5.02 Å². The van der Waals surface area contributed by atoms with Crippen LogP contribution in [0.15, 0.2) is 36.4 Å². The predicted octanol–water partition coefficient (Wildman–Crippen LogP) is 3.74. The molecule has 0 spiro atoms. The average molecular weight is 317 g/mol. The van der Waals surface area contributed by atoms with Gasteiger partial charge in [-0.05, 0) is 43.2 Å². The van der Waals surface area contributed by atoms with E-state index in [1.165, 1.54) is 25.7 Å². The van der Waals surface area contributed by atoms with Crippen molar-refractivity contribution in [2.45, 2.75) is 31.7 Å². The molecule has 1 amide bonds. The largest absolute Gasteiger partial charge is 0.366 e. The van der Waals surface area contributed by atoms with Crippen LogP contribution in [0.5, 0.6) is 0 Å². The number of carbonyl (C=O) groups is 1. The molecule has 1 aliphatic rings. The molecule has 0 saturated heterocycles. The summed E-state index contributed by atoms with van der Waals surface area (Å²) in [5.41, 5.74) is 0.488.